The smallest absolute Gasteiger partial charge is 0.159 e. The molecule has 1 saturated carbocycles. The first kappa shape index (κ1) is 10.1. The zero-order valence-electron chi connectivity index (χ0n) is 9.20. The Morgan fingerprint density at radius 1 is 1.50 bits per heavy atom. The van der Waals surface area contributed by atoms with Gasteiger partial charge in [-0.2, -0.15) is 5.10 Å². The summed E-state index contributed by atoms with van der Waals surface area (Å²) in [5, 5.41) is 5.94. The van der Waals surface area contributed by atoms with Crippen LogP contribution in [0.3, 0.4) is 0 Å². The first-order chi connectivity index (χ1) is 7.65. The standard InChI is InChI=1S/C12H14ClN3/c1-2-16-9-5-3-4-8(12(14)6-7-12)10(9)11(13)15-16/h3-5H,2,6-7,14H2,1H3. The number of aromatic nitrogens is 2. The van der Waals surface area contributed by atoms with Crippen LogP contribution in [0.25, 0.3) is 10.9 Å². The first-order valence-corrected chi connectivity index (χ1v) is 5.98. The maximum Gasteiger partial charge on any atom is 0.159 e. The van der Waals surface area contributed by atoms with E-state index in [4.69, 9.17) is 17.3 Å². The minimum Gasteiger partial charge on any atom is -0.321 e. The van der Waals surface area contributed by atoms with Crippen molar-refractivity contribution in [3.8, 4) is 0 Å². The maximum absolute atomic E-state index is 6.26. The lowest BCUT2D eigenvalue weighted by Gasteiger charge is -2.10. The van der Waals surface area contributed by atoms with Gasteiger partial charge < -0.3 is 5.73 Å². The summed E-state index contributed by atoms with van der Waals surface area (Å²) >= 11 is 6.21. The molecular formula is C12H14ClN3. The van der Waals surface area contributed by atoms with Gasteiger partial charge >= 0.3 is 0 Å². The van der Waals surface area contributed by atoms with Gasteiger partial charge in [0, 0.05) is 17.5 Å². The van der Waals surface area contributed by atoms with Gasteiger partial charge in [0.2, 0.25) is 0 Å². The van der Waals surface area contributed by atoms with Crippen molar-refractivity contribution in [1.29, 1.82) is 0 Å². The Labute approximate surface area is 99.2 Å². The van der Waals surface area contributed by atoms with E-state index in [-0.39, 0.29) is 5.54 Å². The lowest BCUT2D eigenvalue weighted by molar-refractivity contribution is 0.684. The lowest BCUT2D eigenvalue weighted by Crippen LogP contribution is -2.18. The Kier molecular flexibility index (Phi) is 2.03. The van der Waals surface area contributed by atoms with Crippen molar-refractivity contribution < 1.29 is 0 Å². The fraction of sp³-hybridized carbons (Fsp3) is 0.417. The SMILES string of the molecule is CCn1nc(Cl)c2c(C3(N)CC3)cccc21. The van der Waals surface area contributed by atoms with E-state index in [2.05, 4.69) is 18.1 Å². The Bertz CT molecular complexity index is 555. The number of rotatable bonds is 2. The van der Waals surface area contributed by atoms with E-state index in [0.717, 1.165) is 35.9 Å². The summed E-state index contributed by atoms with van der Waals surface area (Å²) in [6.07, 6.45) is 2.08. The van der Waals surface area contributed by atoms with Gasteiger partial charge in [-0.15, -0.1) is 0 Å². The van der Waals surface area contributed by atoms with Crippen molar-refractivity contribution in [2.75, 3.05) is 0 Å². The summed E-state index contributed by atoms with van der Waals surface area (Å²) in [5.74, 6) is 0. The average molecular weight is 236 g/mol. The molecule has 0 bridgehead atoms. The molecule has 1 fully saturated rings. The number of halogens is 1. The number of hydrogen-bond acceptors (Lipinski definition) is 2. The second kappa shape index (κ2) is 3.22. The minimum atomic E-state index is -0.162. The number of aryl methyl sites for hydroxylation is 1. The molecule has 0 amide bonds. The van der Waals surface area contributed by atoms with Crippen molar-refractivity contribution in [3.05, 3.63) is 28.9 Å². The van der Waals surface area contributed by atoms with Gasteiger partial charge in [-0.05, 0) is 31.4 Å². The molecule has 3 nitrogen and oxygen atoms in total. The molecule has 1 aliphatic carbocycles. The van der Waals surface area contributed by atoms with Crippen LogP contribution in [0.4, 0.5) is 0 Å². The Morgan fingerprint density at radius 3 is 2.88 bits per heavy atom. The van der Waals surface area contributed by atoms with Crippen LogP contribution in [0.5, 0.6) is 0 Å². The third-order valence-electron chi connectivity index (χ3n) is 3.36. The second-order valence-electron chi connectivity index (χ2n) is 4.46. The predicted molar refractivity (Wildman–Crippen MR) is 65.5 cm³/mol. The summed E-state index contributed by atoms with van der Waals surface area (Å²) in [6.45, 7) is 2.88. The lowest BCUT2D eigenvalue weighted by atomic mass is 10.0. The molecule has 2 aromatic rings. The molecule has 0 saturated heterocycles. The van der Waals surface area contributed by atoms with E-state index in [1.165, 1.54) is 0 Å². The molecule has 0 aliphatic heterocycles. The molecule has 4 heteroatoms. The molecule has 16 heavy (non-hydrogen) atoms. The largest absolute Gasteiger partial charge is 0.321 e. The maximum atomic E-state index is 6.26. The van der Waals surface area contributed by atoms with Gasteiger partial charge in [0.15, 0.2) is 5.15 Å². The van der Waals surface area contributed by atoms with Crippen molar-refractivity contribution >= 4 is 22.5 Å². The van der Waals surface area contributed by atoms with Crippen LogP contribution >= 0.6 is 11.6 Å². The van der Waals surface area contributed by atoms with Gasteiger partial charge in [0.25, 0.3) is 0 Å². The third-order valence-corrected chi connectivity index (χ3v) is 3.62. The number of nitrogens with zero attached hydrogens (tertiary/aromatic N) is 2. The van der Waals surface area contributed by atoms with Crippen LogP contribution in [0, 0.1) is 0 Å². The highest BCUT2D eigenvalue weighted by Gasteiger charge is 2.41. The molecule has 84 valence electrons. The molecule has 3 rings (SSSR count). The van der Waals surface area contributed by atoms with E-state index in [0.29, 0.717) is 5.15 Å². The molecular weight excluding hydrogens is 222 g/mol. The molecule has 1 aromatic heterocycles. The van der Waals surface area contributed by atoms with Crippen LogP contribution in [0.15, 0.2) is 18.2 Å². The highest BCUT2D eigenvalue weighted by Crippen LogP contribution is 2.46. The van der Waals surface area contributed by atoms with Gasteiger partial charge in [-0.25, -0.2) is 0 Å². The van der Waals surface area contributed by atoms with E-state index in [1.807, 2.05) is 16.8 Å². The predicted octanol–water partition coefficient (Wildman–Crippen LogP) is 2.66. The van der Waals surface area contributed by atoms with Crippen molar-refractivity contribution in [2.45, 2.75) is 31.8 Å². The minimum absolute atomic E-state index is 0.162. The van der Waals surface area contributed by atoms with Crippen molar-refractivity contribution in [1.82, 2.24) is 9.78 Å². The Morgan fingerprint density at radius 2 is 2.25 bits per heavy atom. The molecule has 1 aromatic carbocycles. The molecule has 1 aliphatic rings. The van der Waals surface area contributed by atoms with E-state index < -0.39 is 0 Å². The van der Waals surface area contributed by atoms with Crippen LogP contribution < -0.4 is 5.73 Å². The highest BCUT2D eigenvalue weighted by molar-refractivity contribution is 6.34. The molecule has 0 unspecified atom stereocenters. The normalized spacial score (nSPS) is 17.9. The van der Waals surface area contributed by atoms with E-state index in [1.54, 1.807) is 0 Å². The molecule has 0 spiro atoms. The molecule has 0 atom stereocenters. The van der Waals surface area contributed by atoms with Gasteiger partial charge in [-0.3, -0.25) is 4.68 Å². The van der Waals surface area contributed by atoms with Gasteiger partial charge in [0.05, 0.1) is 5.52 Å². The summed E-state index contributed by atoms with van der Waals surface area (Å²) < 4.78 is 1.92. The number of benzene rings is 1. The van der Waals surface area contributed by atoms with E-state index in [9.17, 15) is 0 Å². The summed E-state index contributed by atoms with van der Waals surface area (Å²) in [7, 11) is 0. The van der Waals surface area contributed by atoms with Crippen LogP contribution in [-0.2, 0) is 12.1 Å². The number of fused-ring (bicyclic) bond motifs is 1. The molecule has 2 N–H and O–H groups in total. The topological polar surface area (TPSA) is 43.8 Å². The van der Waals surface area contributed by atoms with Crippen molar-refractivity contribution in [2.24, 2.45) is 5.73 Å². The Hall–Kier alpha value is -1.06. The van der Waals surface area contributed by atoms with Gasteiger partial charge in [0.1, 0.15) is 0 Å². The monoisotopic (exact) mass is 235 g/mol. The summed E-state index contributed by atoms with van der Waals surface area (Å²) in [5.41, 5.74) is 8.33. The quantitative estimate of drug-likeness (QED) is 0.870. The van der Waals surface area contributed by atoms with Crippen LogP contribution in [0.1, 0.15) is 25.3 Å². The highest BCUT2D eigenvalue weighted by atomic mass is 35.5. The summed E-state index contributed by atoms with van der Waals surface area (Å²) in [6, 6.07) is 6.16. The number of hydrogen-bond donors (Lipinski definition) is 1. The zero-order chi connectivity index (χ0) is 11.3. The fourth-order valence-corrected chi connectivity index (χ4v) is 2.53. The van der Waals surface area contributed by atoms with Crippen molar-refractivity contribution in [3.63, 3.8) is 0 Å². The van der Waals surface area contributed by atoms with Gasteiger partial charge in [-0.1, -0.05) is 23.7 Å². The third kappa shape index (κ3) is 1.28. The Balaban J connectivity index is 2.34. The summed E-state index contributed by atoms with van der Waals surface area (Å²) in [4.78, 5) is 0. The number of nitrogens with two attached hydrogens (primary N) is 1. The van der Waals surface area contributed by atoms with Crippen LogP contribution in [-0.4, -0.2) is 9.78 Å². The molecule has 1 heterocycles. The fourth-order valence-electron chi connectivity index (χ4n) is 2.24. The first-order valence-electron chi connectivity index (χ1n) is 5.60. The van der Waals surface area contributed by atoms with Crippen LogP contribution in [0.2, 0.25) is 5.15 Å². The molecule has 0 radical (unpaired) electrons. The van der Waals surface area contributed by atoms with E-state index >= 15 is 0 Å². The zero-order valence-corrected chi connectivity index (χ0v) is 9.96. The average Bonchev–Trinajstić information content (AvgIpc) is 2.95. The second-order valence-corrected chi connectivity index (χ2v) is 4.82.